The van der Waals surface area contributed by atoms with Crippen LogP contribution in [-0.4, -0.2) is 34.3 Å². The first-order valence-electron chi connectivity index (χ1n) is 4.35. The quantitative estimate of drug-likeness (QED) is 0.145. The summed E-state index contributed by atoms with van der Waals surface area (Å²) in [6.07, 6.45) is 0.579. The van der Waals surface area contributed by atoms with Crippen LogP contribution in [0.3, 0.4) is 0 Å². The van der Waals surface area contributed by atoms with Crippen molar-refractivity contribution in [3.05, 3.63) is 0 Å². The molecule has 0 heterocycles. The fourth-order valence-electron chi connectivity index (χ4n) is 0.848. The number of carbonyl (C=O) groups is 1. The SMILES string of the molecule is F.N=C(N)NCCC[C@H](N)C(=O)OP(=O)(O)O. The molecule has 0 radical (unpaired) electrons. The Kier molecular flexibility index (Phi) is 8.50. The zero-order chi connectivity index (χ0) is 12.8. The molecule has 1 atom stereocenters. The molecule has 0 aromatic rings. The van der Waals surface area contributed by atoms with Crippen LogP contribution in [0.2, 0.25) is 0 Å². The van der Waals surface area contributed by atoms with Gasteiger partial charge in [-0.2, -0.15) is 0 Å². The highest BCUT2D eigenvalue weighted by molar-refractivity contribution is 7.46. The third kappa shape index (κ3) is 11.1. The van der Waals surface area contributed by atoms with Crippen molar-refractivity contribution in [2.45, 2.75) is 18.9 Å². The van der Waals surface area contributed by atoms with E-state index in [1.165, 1.54) is 0 Å². The Hall–Kier alpha value is -1.22. The summed E-state index contributed by atoms with van der Waals surface area (Å²) in [6, 6.07) is -1.11. The Morgan fingerprint density at radius 3 is 2.47 bits per heavy atom. The summed E-state index contributed by atoms with van der Waals surface area (Å²) in [7, 11) is -4.83. The summed E-state index contributed by atoms with van der Waals surface area (Å²) < 4.78 is 14.1. The van der Waals surface area contributed by atoms with Crippen LogP contribution >= 0.6 is 7.82 Å². The molecule has 0 spiro atoms. The second-order valence-corrected chi connectivity index (χ2v) is 4.15. The smallest absolute Gasteiger partial charge is 0.370 e. The first-order valence-corrected chi connectivity index (χ1v) is 5.88. The average Bonchev–Trinajstić information content (AvgIpc) is 2.08. The molecule has 8 N–H and O–H groups in total. The second-order valence-electron chi connectivity index (χ2n) is 2.99. The molecule has 0 saturated carbocycles. The van der Waals surface area contributed by atoms with Crippen LogP contribution in [0, 0.1) is 5.41 Å². The van der Waals surface area contributed by atoms with E-state index in [1.54, 1.807) is 0 Å². The molecule has 17 heavy (non-hydrogen) atoms. The Morgan fingerprint density at radius 1 is 1.53 bits per heavy atom. The Balaban J connectivity index is 0. The van der Waals surface area contributed by atoms with Gasteiger partial charge < -0.3 is 21.3 Å². The fourth-order valence-corrected chi connectivity index (χ4v) is 1.22. The fraction of sp³-hybridized carbons (Fsp3) is 0.667. The van der Waals surface area contributed by atoms with E-state index in [-0.39, 0.29) is 17.1 Å². The lowest BCUT2D eigenvalue weighted by Crippen LogP contribution is -2.34. The second kappa shape index (κ2) is 7.96. The van der Waals surface area contributed by atoms with Gasteiger partial charge in [0.15, 0.2) is 5.96 Å². The molecule has 0 bridgehead atoms. The predicted molar refractivity (Wildman–Crippen MR) is 57.8 cm³/mol. The minimum Gasteiger partial charge on any atom is -0.370 e. The topological polar surface area (TPSA) is 172 Å². The molecule has 0 rings (SSSR count). The molecule has 0 saturated heterocycles. The molecule has 0 unspecified atom stereocenters. The molecule has 11 heteroatoms. The predicted octanol–water partition coefficient (Wildman–Crippen LogP) is -1.63. The Morgan fingerprint density at radius 2 is 2.06 bits per heavy atom. The zero-order valence-corrected chi connectivity index (χ0v) is 9.72. The molecule has 102 valence electrons. The number of nitrogens with two attached hydrogens (primary N) is 2. The van der Waals surface area contributed by atoms with Crippen molar-refractivity contribution in [1.29, 1.82) is 5.41 Å². The van der Waals surface area contributed by atoms with Gasteiger partial charge in [-0.05, 0) is 12.8 Å². The maximum Gasteiger partial charge on any atom is 0.527 e. The van der Waals surface area contributed by atoms with Crippen molar-refractivity contribution >= 4 is 19.8 Å². The van der Waals surface area contributed by atoms with E-state index in [4.69, 9.17) is 26.7 Å². The standard InChI is InChI=1S/C6H15N4O5P.FH/c7-4(2-1-3-10-6(8)9)5(11)15-16(12,13)14;/h4H,1-3,7H2,(H4,8,9,10)(H2,12,13,14);1H/t4-;/m0./s1. The summed E-state index contributed by atoms with van der Waals surface area (Å²) in [4.78, 5) is 27.6. The van der Waals surface area contributed by atoms with Crippen molar-refractivity contribution in [1.82, 2.24) is 5.32 Å². The number of halogens is 1. The molecule has 0 aliphatic carbocycles. The first-order chi connectivity index (χ1) is 7.22. The number of carbonyl (C=O) groups excluding carboxylic acids is 1. The molecule has 9 nitrogen and oxygen atoms in total. The zero-order valence-electron chi connectivity index (χ0n) is 8.83. The van der Waals surface area contributed by atoms with Gasteiger partial charge in [0.25, 0.3) is 0 Å². The molecule has 0 aromatic heterocycles. The van der Waals surface area contributed by atoms with Crippen molar-refractivity contribution in [3.8, 4) is 0 Å². The number of hydrogen-bond acceptors (Lipinski definition) is 5. The lowest BCUT2D eigenvalue weighted by molar-refractivity contribution is -0.137. The van der Waals surface area contributed by atoms with Crippen LogP contribution in [0.15, 0.2) is 0 Å². The van der Waals surface area contributed by atoms with Crippen LogP contribution in [0.5, 0.6) is 0 Å². The van der Waals surface area contributed by atoms with Crippen LogP contribution in [0.1, 0.15) is 12.8 Å². The highest BCUT2D eigenvalue weighted by Crippen LogP contribution is 2.36. The number of hydrogen-bond donors (Lipinski definition) is 6. The van der Waals surface area contributed by atoms with Crippen molar-refractivity contribution < 1.29 is 28.4 Å². The first kappa shape index (κ1) is 18.2. The highest BCUT2D eigenvalue weighted by Gasteiger charge is 2.24. The summed E-state index contributed by atoms with van der Waals surface area (Å²) in [5.41, 5.74) is 10.3. The summed E-state index contributed by atoms with van der Waals surface area (Å²) in [5.74, 6) is -1.36. The minimum absolute atomic E-state index is 0. The number of nitrogens with one attached hydrogen (secondary N) is 2. The van der Waals surface area contributed by atoms with E-state index in [9.17, 15) is 9.36 Å². The minimum atomic E-state index is -4.83. The van der Waals surface area contributed by atoms with E-state index in [0.717, 1.165) is 0 Å². The normalized spacial score (nSPS) is 12.2. The third-order valence-corrected chi connectivity index (χ3v) is 1.94. The van der Waals surface area contributed by atoms with E-state index in [2.05, 4.69) is 9.84 Å². The lowest BCUT2D eigenvalue weighted by atomic mass is 10.2. The number of guanidine groups is 1. The van der Waals surface area contributed by atoms with Gasteiger partial charge in [0, 0.05) is 6.54 Å². The van der Waals surface area contributed by atoms with Crippen molar-refractivity contribution in [3.63, 3.8) is 0 Å². The van der Waals surface area contributed by atoms with Gasteiger partial charge in [0.05, 0.1) is 0 Å². The van der Waals surface area contributed by atoms with Crippen LogP contribution < -0.4 is 16.8 Å². The maximum atomic E-state index is 11.0. The molecule has 0 aliphatic rings. The van der Waals surface area contributed by atoms with Gasteiger partial charge in [-0.15, -0.1) is 0 Å². The van der Waals surface area contributed by atoms with Crippen molar-refractivity contribution in [2.24, 2.45) is 11.5 Å². The average molecular weight is 274 g/mol. The maximum absolute atomic E-state index is 11.0. The van der Waals surface area contributed by atoms with Crippen LogP contribution in [-0.2, 0) is 13.9 Å². The molecule has 0 fully saturated rings. The molecular weight excluding hydrogens is 258 g/mol. The van der Waals surface area contributed by atoms with Crippen LogP contribution in [0.25, 0.3) is 0 Å². The van der Waals surface area contributed by atoms with Gasteiger partial charge in [0.2, 0.25) is 0 Å². The van der Waals surface area contributed by atoms with Crippen LogP contribution in [0.4, 0.5) is 4.70 Å². The largest absolute Gasteiger partial charge is 0.527 e. The summed E-state index contributed by atoms with van der Waals surface area (Å²) in [6.45, 7) is 0.340. The van der Waals surface area contributed by atoms with Crippen molar-refractivity contribution in [2.75, 3.05) is 6.54 Å². The molecule has 0 amide bonds. The van der Waals surface area contributed by atoms with Gasteiger partial charge in [-0.25, -0.2) is 9.36 Å². The summed E-state index contributed by atoms with van der Waals surface area (Å²) >= 11 is 0. The lowest BCUT2D eigenvalue weighted by Gasteiger charge is -2.11. The van der Waals surface area contributed by atoms with Gasteiger partial charge >= 0.3 is 13.8 Å². The van der Waals surface area contributed by atoms with E-state index < -0.39 is 19.8 Å². The Labute approximate surface area is 96.6 Å². The van der Waals surface area contributed by atoms with E-state index >= 15 is 0 Å². The monoisotopic (exact) mass is 274 g/mol. The van der Waals surface area contributed by atoms with E-state index in [0.29, 0.717) is 13.0 Å². The number of phosphoric acid groups is 1. The number of rotatable bonds is 6. The van der Waals surface area contributed by atoms with Gasteiger partial charge in [-0.3, -0.25) is 19.9 Å². The summed E-state index contributed by atoms with van der Waals surface area (Å²) in [5, 5.41) is 9.31. The molecule has 0 aliphatic heterocycles. The molecular formula is C6H16FN4O5P. The van der Waals surface area contributed by atoms with Gasteiger partial charge in [0.1, 0.15) is 6.04 Å². The Bertz CT molecular complexity index is 309. The highest BCUT2D eigenvalue weighted by atomic mass is 31.2. The molecule has 0 aromatic carbocycles. The van der Waals surface area contributed by atoms with E-state index in [1.807, 2.05) is 0 Å². The van der Waals surface area contributed by atoms with Gasteiger partial charge in [-0.1, -0.05) is 0 Å². The number of phosphoric ester groups is 1. The third-order valence-electron chi connectivity index (χ3n) is 1.52.